The maximum absolute atomic E-state index is 12.9. The van der Waals surface area contributed by atoms with Gasteiger partial charge in [0.25, 0.3) is 0 Å². The van der Waals surface area contributed by atoms with E-state index in [0.717, 1.165) is 59.7 Å². The van der Waals surface area contributed by atoms with Crippen LogP contribution in [0.4, 0.5) is 11.4 Å². The van der Waals surface area contributed by atoms with E-state index in [4.69, 9.17) is 20.9 Å². The summed E-state index contributed by atoms with van der Waals surface area (Å²) in [6, 6.07) is 20.3. The smallest absolute Gasteiger partial charge is 0.185 e. The summed E-state index contributed by atoms with van der Waals surface area (Å²) in [4.78, 5) is 12.9. The van der Waals surface area contributed by atoms with Crippen LogP contribution in [0.25, 0.3) is 6.08 Å². The van der Waals surface area contributed by atoms with E-state index >= 15 is 0 Å². The van der Waals surface area contributed by atoms with E-state index in [9.17, 15) is 4.79 Å². The molecule has 7 rings (SSSR count). The fourth-order valence-corrected chi connectivity index (χ4v) is 11.3. The van der Waals surface area contributed by atoms with E-state index in [2.05, 4.69) is 40.7 Å². The monoisotopic (exact) mass is 714 g/mol. The molecule has 4 N–H and O–H groups in total. The Morgan fingerprint density at radius 3 is 2.36 bits per heavy atom. The lowest BCUT2D eigenvalue weighted by Crippen LogP contribution is -2.51. The van der Waals surface area contributed by atoms with E-state index in [0.29, 0.717) is 39.3 Å². The number of nitrogen functional groups attached to an aromatic ring is 2. The fraction of sp³-hybridized carbons (Fsp3) is 0.521. The number of nitrogens with two attached hydrogens (primary N) is 2. The molecule has 5 nitrogen and oxygen atoms in total. The second-order valence-electron chi connectivity index (χ2n) is 18.0. The van der Waals surface area contributed by atoms with E-state index in [1.807, 2.05) is 30.3 Å². The topological polar surface area (TPSA) is 87.6 Å². The van der Waals surface area contributed by atoms with Crippen LogP contribution in [0.1, 0.15) is 121 Å². The van der Waals surface area contributed by atoms with Crippen molar-refractivity contribution in [3.05, 3.63) is 95.6 Å². The van der Waals surface area contributed by atoms with Crippen LogP contribution >= 0.6 is 0 Å². The van der Waals surface area contributed by atoms with Crippen LogP contribution in [0, 0.1) is 46.3 Å². The molecule has 3 aromatic rings. The molecule has 8 atom stereocenters. The lowest BCUT2D eigenvalue weighted by molar-refractivity contribution is -0.0559. The Labute approximate surface area is 318 Å². The summed E-state index contributed by atoms with van der Waals surface area (Å²) < 4.78 is 12.5. The molecule has 4 aliphatic rings. The number of allylic oxidation sites excluding steroid dienone is 2. The van der Waals surface area contributed by atoms with Crippen LogP contribution in [0.2, 0.25) is 0 Å². The van der Waals surface area contributed by atoms with Gasteiger partial charge in [0, 0.05) is 17.7 Å². The maximum atomic E-state index is 12.9. The zero-order valence-corrected chi connectivity index (χ0v) is 32.8. The Morgan fingerprint density at radius 2 is 1.62 bits per heavy atom. The first-order valence-electron chi connectivity index (χ1n) is 20.5. The molecule has 0 saturated heterocycles. The van der Waals surface area contributed by atoms with Crippen molar-refractivity contribution in [3.8, 4) is 17.2 Å². The average molecular weight is 715 g/mol. The van der Waals surface area contributed by atoms with Gasteiger partial charge in [0.05, 0.1) is 5.69 Å². The number of ketones is 1. The number of benzene rings is 3. The Hall–Kier alpha value is -3.99. The summed E-state index contributed by atoms with van der Waals surface area (Å²) in [5.41, 5.74) is 16.9. The third kappa shape index (κ3) is 7.82. The Bertz CT molecular complexity index is 1810. The summed E-state index contributed by atoms with van der Waals surface area (Å²) in [6.45, 7) is 12.6. The highest BCUT2D eigenvalue weighted by Gasteiger charge is 2.59. The predicted octanol–water partition coefficient (Wildman–Crippen LogP) is 12.3. The molecule has 0 radical (unpaired) electrons. The van der Waals surface area contributed by atoms with Gasteiger partial charge in [0.1, 0.15) is 23.4 Å². The fourth-order valence-electron chi connectivity index (χ4n) is 11.3. The molecular weight excluding hydrogens is 653 g/mol. The Kier molecular flexibility index (Phi) is 10.8. The first kappa shape index (κ1) is 37.3. The van der Waals surface area contributed by atoms with Gasteiger partial charge in [-0.1, -0.05) is 83.7 Å². The van der Waals surface area contributed by atoms with Crippen LogP contribution in [-0.4, -0.2) is 11.9 Å². The highest BCUT2D eigenvalue weighted by atomic mass is 16.5. The van der Waals surface area contributed by atoms with E-state index in [-0.39, 0.29) is 11.9 Å². The summed E-state index contributed by atoms with van der Waals surface area (Å²) in [6.07, 6.45) is 20.9. The number of ether oxygens (including phenoxy) is 2. The first-order chi connectivity index (χ1) is 25.4. The second kappa shape index (κ2) is 15.4. The standard InChI is InChI=1S/C48H62N2O3/c1-31(2)7-6-8-32(3)41-21-22-42-40-20-14-35-29-39(25-27-47(35,4)43(40)26-28-48(41,42)5)52-37-16-9-33(10-17-37)11-23-45(51)34-12-18-38(19-13-34)53-46-24-15-36(49)30-44(46)50/h9-19,23-24,30-32,39-43H,6-8,20-22,25-29,49-50H2,1-5H3/t32-,39?,40?,41-,42?,43?,47+,48-/m1/s1. The maximum Gasteiger partial charge on any atom is 0.185 e. The lowest BCUT2D eigenvalue weighted by atomic mass is 9.47. The molecule has 3 aromatic carbocycles. The first-order valence-corrected chi connectivity index (χ1v) is 20.5. The van der Waals surface area contributed by atoms with Crippen LogP contribution in [-0.2, 0) is 0 Å². The molecule has 4 aliphatic carbocycles. The molecule has 3 saturated carbocycles. The molecule has 3 fully saturated rings. The highest BCUT2D eigenvalue weighted by Crippen LogP contribution is 2.67. The van der Waals surface area contributed by atoms with Crippen molar-refractivity contribution in [2.45, 2.75) is 111 Å². The quantitative estimate of drug-likeness (QED) is 0.0844. The van der Waals surface area contributed by atoms with Crippen LogP contribution in [0.5, 0.6) is 17.2 Å². The van der Waals surface area contributed by atoms with Crippen molar-refractivity contribution in [1.29, 1.82) is 0 Å². The summed E-state index contributed by atoms with van der Waals surface area (Å²) in [5.74, 6) is 7.12. The van der Waals surface area contributed by atoms with E-state index < -0.39 is 0 Å². The molecule has 0 spiro atoms. The number of carbonyl (C=O) groups excluding carboxylic acids is 1. The van der Waals surface area contributed by atoms with Crippen molar-refractivity contribution < 1.29 is 14.3 Å². The average Bonchev–Trinajstić information content (AvgIpc) is 3.50. The Balaban J connectivity index is 0.920. The largest absolute Gasteiger partial charge is 0.490 e. The molecule has 53 heavy (non-hydrogen) atoms. The number of fused-ring (bicyclic) bond motifs is 5. The minimum atomic E-state index is -0.0703. The number of carbonyl (C=O) groups is 1. The molecule has 0 heterocycles. The zero-order valence-electron chi connectivity index (χ0n) is 32.8. The normalized spacial score (nSPS) is 29.9. The minimum absolute atomic E-state index is 0.0703. The van der Waals surface area contributed by atoms with Crippen molar-refractivity contribution in [2.24, 2.45) is 46.3 Å². The van der Waals surface area contributed by atoms with Crippen LogP contribution in [0.15, 0.2) is 84.5 Å². The minimum Gasteiger partial charge on any atom is -0.490 e. The number of rotatable bonds is 12. The van der Waals surface area contributed by atoms with Crippen molar-refractivity contribution >= 4 is 23.2 Å². The second-order valence-corrected chi connectivity index (χ2v) is 18.0. The van der Waals surface area contributed by atoms with Gasteiger partial charge in [0.15, 0.2) is 5.78 Å². The molecule has 0 aliphatic heterocycles. The molecule has 5 heteroatoms. The summed E-state index contributed by atoms with van der Waals surface area (Å²) in [7, 11) is 0. The molecular formula is C48H62N2O3. The lowest BCUT2D eigenvalue weighted by Gasteiger charge is -2.58. The zero-order chi connectivity index (χ0) is 37.3. The van der Waals surface area contributed by atoms with Crippen LogP contribution in [0.3, 0.4) is 0 Å². The van der Waals surface area contributed by atoms with E-state index in [1.54, 1.807) is 54.1 Å². The number of anilines is 2. The molecule has 0 bridgehead atoms. The predicted molar refractivity (Wildman–Crippen MR) is 219 cm³/mol. The number of hydrogen-bond acceptors (Lipinski definition) is 5. The molecule has 0 amide bonds. The van der Waals surface area contributed by atoms with E-state index in [1.165, 1.54) is 57.8 Å². The van der Waals surface area contributed by atoms with Gasteiger partial charge in [-0.15, -0.1) is 0 Å². The highest BCUT2D eigenvalue weighted by molar-refractivity contribution is 6.06. The van der Waals surface area contributed by atoms with Gasteiger partial charge in [-0.05, 0) is 158 Å². The van der Waals surface area contributed by atoms with Crippen LogP contribution < -0.4 is 20.9 Å². The van der Waals surface area contributed by atoms with Gasteiger partial charge in [-0.3, -0.25) is 4.79 Å². The van der Waals surface area contributed by atoms with Gasteiger partial charge in [-0.2, -0.15) is 0 Å². The third-order valence-electron chi connectivity index (χ3n) is 14.3. The summed E-state index contributed by atoms with van der Waals surface area (Å²) in [5, 5.41) is 0. The molecule has 4 unspecified atom stereocenters. The van der Waals surface area contributed by atoms with Gasteiger partial charge < -0.3 is 20.9 Å². The van der Waals surface area contributed by atoms with Crippen molar-refractivity contribution in [3.63, 3.8) is 0 Å². The summed E-state index contributed by atoms with van der Waals surface area (Å²) >= 11 is 0. The van der Waals surface area contributed by atoms with Gasteiger partial charge in [0.2, 0.25) is 0 Å². The van der Waals surface area contributed by atoms with Gasteiger partial charge >= 0.3 is 0 Å². The SMILES string of the molecule is CC(C)CCC[C@@H](C)[C@H]1CCC2C3CC=C4CC(Oc5ccc(C=CC(=O)c6ccc(Oc7ccc(N)cc7N)cc6)cc5)CC[C@]4(C)C3CC[C@@]21C. The van der Waals surface area contributed by atoms with Gasteiger partial charge in [-0.25, -0.2) is 0 Å². The number of hydrogen-bond donors (Lipinski definition) is 2. The third-order valence-corrected chi connectivity index (χ3v) is 14.3. The molecule has 282 valence electrons. The Morgan fingerprint density at radius 1 is 0.868 bits per heavy atom. The van der Waals surface area contributed by atoms with Crippen molar-refractivity contribution in [2.75, 3.05) is 11.5 Å². The molecule has 0 aromatic heterocycles. The van der Waals surface area contributed by atoms with Crippen molar-refractivity contribution in [1.82, 2.24) is 0 Å².